The Balaban J connectivity index is 2.15. The molecule has 0 aliphatic rings. The standard InChI is InChI=1S/C15H19ClN4O2S/c1-4-11(3)17-14-7-8-15(19-18-14)20-23(21,22)12-5-6-13(16)10(2)9-12/h5-9,11H,4H2,1-3H3,(H,17,18)(H,19,20). The third-order valence-corrected chi connectivity index (χ3v) is 5.13. The number of halogens is 1. The van der Waals surface area contributed by atoms with E-state index in [1.807, 2.05) is 6.92 Å². The molecule has 1 aromatic carbocycles. The molecule has 0 amide bonds. The van der Waals surface area contributed by atoms with Crippen LogP contribution in [0.1, 0.15) is 25.8 Å². The molecule has 1 heterocycles. The molecule has 0 radical (unpaired) electrons. The zero-order chi connectivity index (χ0) is 17.0. The summed E-state index contributed by atoms with van der Waals surface area (Å²) in [6, 6.07) is 8.03. The summed E-state index contributed by atoms with van der Waals surface area (Å²) in [4.78, 5) is 0.128. The summed E-state index contributed by atoms with van der Waals surface area (Å²) in [7, 11) is -3.72. The molecule has 0 fully saturated rings. The van der Waals surface area contributed by atoms with E-state index in [-0.39, 0.29) is 16.8 Å². The zero-order valence-electron chi connectivity index (χ0n) is 13.2. The molecule has 6 nitrogen and oxygen atoms in total. The summed E-state index contributed by atoms with van der Waals surface area (Å²) in [5.74, 6) is 0.761. The second-order valence-corrected chi connectivity index (χ2v) is 7.36. The summed E-state index contributed by atoms with van der Waals surface area (Å²) >= 11 is 5.92. The summed E-state index contributed by atoms with van der Waals surface area (Å²) in [5.41, 5.74) is 0.689. The number of rotatable bonds is 6. The number of nitrogens with one attached hydrogen (secondary N) is 2. The second kappa shape index (κ2) is 7.14. The van der Waals surface area contributed by atoms with Crippen molar-refractivity contribution in [3.63, 3.8) is 0 Å². The maximum absolute atomic E-state index is 12.3. The highest BCUT2D eigenvalue weighted by Gasteiger charge is 2.16. The molecule has 2 N–H and O–H groups in total. The molecule has 23 heavy (non-hydrogen) atoms. The van der Waals surface area contributed by atoms with Gasteiger partial charge in [-0.15, -0.1) is 10.2 Å². The van der Waals surface area contributed by atoms with Crippen LogP contribution in [0.5, 0.6) is 0 Å². The highest BCUT2D eigenvalue weighted by Crippen LogP contribution is 2.21. The molecule has 2 rings (SSSR count). The van der Waals surface area contributed by atoms with Gasteiger partial charge in [-0.25, -0.2) is 8.42 Å². The molecule has 1 atom stereocenters. The van der Waals surface area contributed by atoms with Gasteiger partial charge in [-0.3, -0.25) is 4.72 Å². The number of aryl methyl sites for hydroxylation is 1. The summed E-state index contributed by atoms with van der Waals surface area (Å²) < 4.78 is 27.1. The zero-order valence-corrected chi connectivity index (χ0v) is 14.7. The average molecular weight is 355 g/mol. The topological polar surface area (TPSA) is 84.0 Å². The SMILES string of the molecule is CCC(C)Nc1ccc(NS(=O)(=O)c2ccc(Cl)c(C)c2)nn1. The monoisotopic (exact) mass is 354 g/mol. The van der Waals surface area contributed by atoms with Crippen molar-refractivity contribution >= 4 is 33.3 Å². The fourth-order valence-corrected chi connectivity index (χ4v) is 3.00. The van der Waals surface area contributed by atoms with E-state index in [2.05, 4.69) is 27.2 Å². The van der Waals surface area contributed by atoms with Gasteiger partial charge in [0, 0.05) is 11.1 Å². The lowest BCUT2D eigenvalue weighted by Crippen LogP contribution is -2.17. The van der Waals surface area contributed by atoms with Gasteiger partial charge in [0.2, 0.25) is 0 Å². The van der Waals surface area contributed by atoms with E-state index in [1.54, 1.807) is 25.1 Å². The van der Waals surface area contributed by atoms with E-state index < -0.39 is 10.0 Å². The third kappa shape index (κ3) is 4.56. The highest BCUT2D eigenvalue weighted by atomic mass is 35.5. The smallest absolute Gasteiger partial charge is 0.263 e. The number of benzene rings is 1. The Labute approximate surface area is 141 Å². The van der Waals surface area contributed by atoms with E-state index >= 15 is 0 Å². The van der Waals surface area contributed by atoms with Crippen LogP contribution in [0.15, 0.2) is 35.2 Å². The van der Waals surface area contributed by atoms with Crippen LogP contribution >= 0.6 is 11.6 Å². The van der Waals surface area contributed by atoms with Crippen LogP contribution in [-0.2, 0) is 10.0 Å². The predicted octanol–water partition coefficient (Wildman–Crippen LogP) is 3.45. The van der Waals surface area contributed by atoms with Gasteiger partial charge in [-0.1, -0.05) is 18.5 Å². The number of sulfonamides is 1. The second-order valence-electron chi connectivity index (χ2n) is 5.27. The van der Waals surface area contributed by atoms with Gasteiger partial charge in [0.15, 0.2) is 5.82 Å². The van der Waals surface area contributed by atoms with Gasteiger partial charge in [0.25, 0.3) is 10.0 Å². The van der Waals surface area contributed by atoms with Gasteiger partial charge in [-0.05, 0) is 56.2 Å². The summed E-state index contributed by atoms with van der Waals surface area (Å²) in [6.07, 6.45) is 0.950. The van der Waals surface area contributed by atoms with Gasteiger partial charge in [0.05, 0.1) is 4.90 Å². The predicted molar refractivity (Wildman–Crippen MR) is 92.4 cm³/mol. The van der Waals surface area contributed by atoms with Crippen LogP contribution in [0.3, 0.4) is 0 Å². The minimum atomic E-state index is -3.72. The molecular weight excluding hydrogens is 336 g/mol. The fraction of sp³-hybridized carbons (Fsp3) is 0.333. The average Bonchev–Trinajstić information content (AvgIpc) is 2.51. The minimum absolute atomic E-state index is 0.128. The molecule has 0 bridgehead atoms. The molecule has 8 heteroatoms. The Hall–Kier alpha value is -1.86. The molecule has 0 spiro atoms. The van der Waals surface area contributed by atoms with E-state index in [1.165, 1.54) is 12.1 Å². The van der Waals surface area contributed by atoms with Crippen LogP contribution < -0.4 is 10.0 Å². The molecule has 124 valence electrons. The van der Waals surface area contributed by atoms with Crippen LogP contribution in [0, 0.1) is 6.92 Å². The first kappa shape index (κ1) is 17.5. The van der Waals surface area contributed by atoms with Crippen molar-refractivity contribution in [2.24, 2.45) is 0 Å². The molecule has 1 unspecified atom stereocenters. The van der Waals surface area contributed by atoms with Gasteiger partial charge >= 0.3 is 0 Å². The Morgan fingerprint density at radius 3 is 2.39 bits per heavy atom. The number of hydrogen-bond acceptors (Lipinski definition) is 5. The first-order valence-corrected chi connectivity index (χ1v) is 9.07. The molecular formula is C15H19ClN4O2S. The first-order valence-electron chi connectivity index (χ1n) is 7.21. The number of nitrogens with zero attached hydrogens (tertiary/aromatic N) is 2. The molecule has 0 saturated carbocycles. The Kier molecular flexibility index (Phi) is 5.43. The summed E-state index contributed by atoms with van der Waals surface area (Å²) in [6.45, 7) is 5.83. The molecule has 0 aliphatic carbocycles. The van der Waals surface area contributed by atoms with Crippen molar-refractivity contribution in [3.05, 3.63) is 40.9 Å². The van der Waals surface area contributed by atoms with E-state index in [4.69, 9.17) is 11.6 Å². The van der Waals surface area contributed by atoms with Crippen molar-refractivity contribution in [1.82, 2.24) is 10.2 Å². The van der Waals surface area contributed by atoms with E-state index in [9.17, 15) is 8.42 Å². The maximum atomic E-state index is 12.3. The van der Waals surface area contributed by atoms with Crippen molar-refractivity contribution in [2.75, 3.05) is 10.0 Å². The Morgan fingerprint density at radius 1 is 1.17 bits per heavy atom. The van der Waals surface area contributed by atoms with Crippen molar-refractivity contribution in [1.29, 1.82) is 0 Å². The quantitative estimate of drug-likeness (QED) is 0.830. The normalized spacial score (nSPS) is 12.7. The van der Waals surface area contributed by atoms with Crippen LogP contribution in [0.2, 0.25) is 5.02 Å². The van der Waals surface area contributed by atoms with Crippen molar-refractivity contribution in [2.45, 2.75) is 38.1 Å². The van der Waals surface area contributed by atoms with Crippen LogP contribution in [0.25, 0.3) is 0 Å². The Morgan fingerprint density at radius 2 is 1.83 bits per heavy atom. The maximum Gasteiger partial charge on any atom is 0.263 e. The van der Waals surface area contributed by atoms with Crippen LogP contribution in [-0.4, -0.2) is 24.7 Å². The van der Waals surface area contributed by atoms with Gasteiger partial charge < -0.3 is 5.32 Å². The third-order valence-electron chi connectivity index (χ3n) is 3.35. The molecule has 1 aromatic heterocycles. The first-order chi connectivity index (χ1) is 10.8. The summed E-state index contributed by atoms with van der Waals surface area (Å²) in [5, 5.41) is 11.5. The number of hydrogen-bond donors (Lipinski definition) is 2. The molecule has 0 saturated heterocycles. The van der Waals surface area contributed by atoms with Gasteiger partial charge in [0.1, 0.15) is 5.82 Å². The number of aromatic nitrogens is 2. The highest BCUT2D eigenvalue weighted by molar-refractivity contribution is 7.92. The van der Waals surface area contributed by atoms with Gasteiger partial charge in [-0.2, -0.15) is 0 Å². The fourth-order valence-electron chi connectivity index (χ4n) is 1.80. The lowest BCUT2D eigenvalue weighted by molar-refractivity contribution is 0.601. The largest absolute Gasteiger partial charge is 0.366 e. The van der Waals surface area contributed by atoms with Crippen molar-refractivity contribution in [3.8, 4) is 0 Å². The van der Waals surface area contributed by atoms with E-state index in [0.717, 1.165) is 6.42 Å². The lowest BCUT2D eigenvalue weighted by Gasteiger charge is -2.12. The molecule has 0 aliphatic heterocycles. The lowest BCUT2D eigenvalue weighted by atomic mass is 10.2. The minimum Gasteiger partial charge on any atom is -0.366 e. The van der Waals surface area contributed by atoms with Crippen molar-refractivity contribution < 1.29 is 8.42 Å². The van der Waals surface area contributed by atoms with Crippen LogP contribution in [0.4, 0.5) is 11.6 Å². The number of anilines is 2. The van der Waals surface area contributed by atoms with E-state index in [0.29, 0.717) is 16.4 Å². The Bertz CT molecular complexity index is 779. The molecule has 2 aromatic rings.